The summed E-state index contributed by atoms with van der Waals surface area (Å²) in [7, 11) is 1.46. The van der Waals surface area contributed by atoms with Gasteiger partial charge in [-0.05, 0) is 36.4 Å². The lowest BCUT2D eigenvalue weighted by Gasteiger charge is -2.18. The molecule has 3 rings (SSSR count). The highest BCUT2D eigenvalue weighted by molar-refractivity contribution is 6.30. The molecule has 1 atom stereocenters. The Morgan fingerprint density at radius 3 is 2.64 bits per heavy atom. The van der Waals surface area contributed by atoms with E-state index in [9.17, 15) is 22.4 Å². The van der Waals surface area contributed by atoms with Crippen molar-refractivity contribution in [1.82, 2.24) is 5.01 Å². The standard InChI is InChI=1S/C18H13ClF4N2O3/c1-27-15-5-3-12(19)6-10(15)8-25-16(9-26)28-17(24-25)13-4-2-11(7-14(13)20)18(21,22)23/h2-7,9,16H,8H2,1H3. The zero-order chi connectivity index (χ0) is 20.5. The highest BCUT2D eigenvalue weighted by Gasteiger charge is 2.34. The minimum Gasteiger partial charge on any atom is -0.496 e. The summed E-state index contributed by atoms with van der Waals surface area (Å²) in [6.07, 6.45) is -5.42. The van der Waals surface area contributed by atoms with E-state index in [1.807, 2.05) is 0 Å². The van der Waals surface area contributed by atoms with Crippen molar-refractivity contribution in [1.29, 1.82) is 0 Å². The first-order chi connectivity index (χ1) is 13.2. The van der Waals surface area contributed by atoms with E-state index in [0.29, 0.717) is 34.8 Å². The Morgan fingerprint density at radius 1 is 1.29 bits per heavy atom. The molecule has 1 unspecified atom stereocenters. The smallest absolute Gasteiger partial charge is 0.416 e. The van der Waals surface area contributed by atoms with Crippen LogP contribution in [0.15, 0.2) is 41.5 Å². The van der Waals surface area contributed by atoms with Crippen LogP contribution in [-0.2, 0) is 22.3 Å². The molecule has 0 N–H and O–H groups in total. The first-order valence-electron chi connectivity index (χ1n) is 7.89. The van der Waals surface area contributed by atoms with Gasteiger partial charge in [0.25, 0.3) is 0 Å². The SMILES string of the molecule is COc1ccc(Cl)cc1CN1N=C(c2ccc(C(F)(F)F)cc2F)OC1C=O. The molecule has 0 bridgehead atoms. The molecule has 0 fully saturated rings. The quantitative estimate of drug-likeness (QED) is 0.541. The molecular formula is C18H13ClF4N2O3. The van der Waals surface area contributed by atoms with Crippen LogP contribution in [0.25, 0.3) is 0 Å². The van der Waals surface area contributed by atoms with Gasteiger partial charge >= 0.3 is 6.18 Å². The van der Waals surface area contributed by atoms with Crippen LogP contribution in [0.5, 0.6) is 5.75 Å². The first kappa shape index (κ1) is 19.9. The Bertz CT molecular complexity index is 934. The van der Waals surface area contributed by atoms with Gasteiger partial charge in [0.1, 0.15) is 11.6 Å². The predicted octanol–water partition coefficient (Wildman–Crippen LogP) is 4.23. The molecule has 0 saturated heterocycles. The van der Waals surface area contributed by atoms with Gasteiger partial charge in [-0.2, -0.15) is 13.2 Å². The molecule has 0 spiro atoms. The molecule has 0 amide bonds. The number of ether oxygens (including phenoxy) is 2. The van der Waals surface area contributed by atoms with E-state index in [0.717, 1.165) is 6.07 Å². The van der Waals surface area contributed by atoms with E-state index in [1.165, 1.54) is 12.1 Å². The molecule has 2 aromatic carbocycles. The number of carbonyl (C=O) groups is 1. The summed E-state index contributed by atoms with van der Waals surface area (Å²) < 4.78 is 62.8. The lowest BCUT2D eigenvalue weighted by Crippen LogP contribution is -2.29. The molecule has 1 aliphatic rings. The van der Waals surface area contributed by atoms with Crippen molar-refractivity contribution < 1.29 is 31.8 Å². The fourth-order valence-electron chi connectivity index (χ4n) is 2.62. The average molecular weight is 417 g/mol. The zero-order valence-electron chi connectivity index (χ0n) is 14.3. The van der Waals surface area contributed by atoms with Crippen molar-refractivity contribution in [2.45, 2.75) is 18.9 Å². The Kier molecular flexibility index (Phi) is 5.46. The number of rotatable bonds is 5. The number of benzene rings is 2. The number of halogens is 5. The molecule has 2 aromatic rings. The van der Waals surface area contributed by atoms with Crippen LogP contribution in [-0.4, -0.2) is 30.5 Å². The number of hydrazone groups is 1. The number of carbonyl (C=O) groups excluding carboxylic acids is 1. The van der Waals surface area contributed by atoms with Crippen LogP contribution in [0.3, 0.4) is 0 Å². The molecule has 1 heterocycles. The van der Waals surface area contributed by atoms with Gasteiger partial charge in [0.05, 0.1) is 24.8 Å². The average Bonchev–Trinajstić information content (AvgIpc) is 3.03. The monoisotopic (exact) mass is 416 g/mol. The molecule has 0 saturated carbocycles. The van der Waals surface area contributed by atoms with Gasteiger partial charge in [0.15, 0.2) is 6.29 Å². The third-order valence-electron chi connectivity index (χ3n) is 3.96. The Labute approximate surface area is 162 Å². The van der Waals surface area contributed by atoms with Gasteiger partial charge in [0, 0.05) is 10.6 Å². The van der Waals surface area contributed by atoms with Gasteiger partial charge in [-0.3, -0.25) is 4.79 Å². The minimum absolute atomic E-state index is 0.0406. The number of hydrogen-bond donors (Lipinski definition) is 0. The number of alkyl halides is 3. The van der Waals surface area contributed by atoms with Crippen LogP contribution in [0, 0.1) is 5.82 Å². The molecule has 10 heteroatoms. The van der Waals surface area contributed by atoms with Crippen LogP contribution in [0.2, 0.25) is 5.02 Å². The van der Waals surface area contributed by atoms with Crippen LogP contribution in [0.1, 0.15) is 16.7 Å². The molecule has 28 heavy (non-hydrogen) atoms. The topological polar surface area (TPSA) is 51.1 Å². The fraction of sp³-hybridized carbons (Fsp3) is 0.222. The van der Waals surface area contributed by atoms with Gasteiger partial charge in [0.2, 0.25) is 12.1 Å². The van der Waals surface area contributed by atoms with Crippen molar-refractivity contribution in [3.05, 3.63) is 63.9 Å². The highest BCUT2D eigenvalue weighted by atomic mass is 35.5. The first-order valence-corrected chi connectivity index (χ1v) is 8.27. The molecule has 5 nitrogen and oxygen atoms in total. The van der Waals surface area contributed by atoms with Crippen molar-refractivity contribution >= 4 is 23.8 Å². The summed E-state index contributed by atoms with van der Waals surface area (Å²) in [5.74, 6) is -0.983. The largest absolute Gasteiger partial charge is 0.496 e. The van der Waals surface area contributed by atoms with Crippen LogP contribution < -0.4 is 4.74 Å². The lowest BCUT2D eigenvalue weighted by molar-refractivity contribution is -0.137. The second-order valence-electron chi connectivity index (χ2n) is 5.80. The highest BCUT2D eigenvalue weighted by Crippen LogP contribution is 2.31. The van der Waals surface area contributed by atoms with E-state index < -0.39 is 23.8 Å². The molecule has 0 radical (unpaired) electrons. The number of nitrogens with zero attached hydrogens (tertiary/aromatic N) is 2. The van der Waals surface area contributed by atoms with E-state index in [-0.39, 0.29) is 18.0 Å². The van der Waals surface area contributed by atoms with Crippen LogP contribution in [0.4, 0.5) is 17.6 Å². The van der Waals surface area contributed by atoms with E-state index in [2.05, 4.69) is 5.10 Å². The summed E-state index contributed by atoms with van der Waals surface area (Å²) in [6.45, 7) is 0.0406. The van der Waals surface area contributed by atoms with E-state index in [1.54, 1.807) is 18.2 Å². The Morgan fingerprint density at radius 2 is 2.04 bits per heavy atom. The molecule has 148 valence electrons. The fourth-order valence-corrected chi connectivity index (χ4v) is 2.82. The maximum Gasteiger partial charge on any atom is 0.416 e. The maximum absolute atomic E-state index is 14.2. The van der Waals surface area contributed by atoms with Crippen molar-refractivity contribution in [2.75, 3.05) is 7.11 Å². The maximum atomic E-state index is 14.2. The number of methoxy groups -OCH3 is 1. The number of aldehydes is 1. The predicted molar refractivity (Wildman–Crippen MR) is 92.4 cm³/mol. The van der Waals surface area contributed by atoms with Crippen molar-refractivity contribution in [3.63, 3.8) is 0 Å². The molecular weight excluding hydrogens is 404 g/mol. The van der Waals surface area contributed by atoms with E-state index in [4.69, 9.17) is 21.1 Å². The van der Waals surface area contributed by atoms with Crippen molar-refractivity contribution in [3.8, 4) is 5.75 Å². The molecule has 0 aromatic heterocycles. The third-order valence-corrected chi connectivity index (χ3v) is 4.20. The normalized spacial score (nSPS) is 16.6. The molecule has 0 aliphatic carbocycles. The Hall–Kier alpha value is -2.81. The minimum atomic E-state index is -4.68. The summed E-state index contributed by atoms with van der Waals surface area (Å²) in [5.41, 5.74) is -0.844. The third kappa shape index (κ3) is 4.04. The Balaban J connectivity index is 1.91. The summed E-state index contributed by atoms with van der Waals surface area (Å²) in [5, 5.41) is 5.68. The van der Waals surface area contributed by atoms with Crippen LogP contribution >= 0.6 is 11.6 Å². The zero-order valence-corrected chi connectivity index (χ0v) is 15.1. The summed E-state index contributed by atoms with van der Waals surface area (Å²) in [6, 6.07) is 6.82. The summed E-state index contributed by atoms with van der Waals surface area (Å²) in [4.78, 5) is 11.3. The summed E-state index contributed by atoms with van der Waals surface area (Å²) >= 11 is 5.97. The van der Waals surface area contributed by atoms with Crippen molar-refractivity contribution in [2.24, 2.45) is 5.10 Å². The van der Waals surface area contributed by atoms with Gasteiger partial charge in [-0.15, -0.1) is 5.10 Å². The second-order valence-corrected chi connectivity index (χ2v) is 6.23. The van der Waals surface area contributed by atoms with Gasteiger partial charge in [-0.1, -0.05) is 11.6 Å². The second kappa shape index (κ2) is 7.67. The van der Waals surface area contributed by atoms with Gasteiger partial charge < -0.3 is 9.47 Å². The van der Waals surface area contributed by atoms with Gasteiger partial charge in [-0.25, -0.2) is 9.40 Å². The number of hydrogen-bond acceptors (Lipinski definition) is 5. The van der Waals surface area contributed by atoms with E-state index >= 15 is 0 Å². The molecule has 1 aliphatic heterocycles. The lowest BCUT2D eigenvalue weighted by atomic mass is 10.1.